The third-order valence-corrected chi connectivity index (χ3v) is 3.57. The molecule has 0 unspecified atom stereocenters. The van der Waals surface area contributed by atoms with Crippen LogP contribution < -0.4 is 4.74 Å². The lowest BCUT2D eigenvalue weighted by molar-refractivity contribution is -0.130. The van der Waals surface area contributed by atoms with Crippen LogP contribution in [-0.4, -0.2) is 5.97 Å². The van der Waals surface area contributed by atoms with Crippen molar-refractivity contribution in [3.8, 4) is 5.75 Å². The van der Waals surface area contributed by atoms with Gasteiger partial charge in [-0.15, -0.1) is 0 Å². The van der Waals surface area contributed by atoms with E-state index < -0.39 is 0 Å². The van der Waals surface area contributed by atoms with Gasteiger partial charge in [-0.05, 0) is 42.0 Å². The molecule has 2 aromatic rings. The molecule has 100 valence electrons. The highest BCUT2D eigenvalue weighted by Gasteiger charge is 2.22. The first-order valence-corrected chi connectivity index (χ1v) is 6.84. The second-order valence-electron chi connectivity index (χ2n) is 4.54. The molecule has 0 saturated carbocycles. The molecule has 2 aromatic carbocycles. The number of hydrogen-bond donors (Lipinski definition) is 0. The summed E-state index contributed by atoms with van der Waals surface area (Å²) in [7, 11) is 0. The second-order valence-corrected chi connectivity index (χ2v) is 5.41. The molecule has 0 atom stereocenters. The molecule has 0 fully saturated rings. The van der Waals surface area contributed by atoms with Crippen LogP contribution in [0.3, 0.4) is 0 Å². The van der Waals surface area contributed by atoms with Crippen molar-refractivity contribution >= 4 is 35.2 Å². The molecule has 1 aliphatic heterocycles. The Morgan fingerprint density at radius 1 is 1.00 bits per heavy atom. The van der Waals surface area contributed by atoms with E-state index >= 15 is 0 Å². The number of hydrogen-bond acceptors (Lipinski definition) is 2. The fourth-order valence-electron chi connectivity index (χ4n) is 2.10. The van der Waals surface area contributed by atoms with Crippen molar-refractivity contribution in [2.24, 2.45) is 0 Å². The summed E-state index contributed by atoms with van der Waals surface area (Å²) in [6, 6.07) is 12.5. The van der Waals surface area contributed by atoms with Crippen molar-refractivity contribution in [2.45, 2.75) is 6.42 Å². The van der Waals surface area contributed by atoms with E-state index in [4.69, 9.17) is 27.9 Å². The van der Waals surface area contributed by atoms with Crippen LogP contribution in [0.1, 0.15) is 11.1 Å². The highest BCUT2D eigenvalue weighted by atomic mass is 35.5. The molecule has 1 aliphatic rings. The summed E-state index contributed by atoms with van der Waals surface area (Å²) in [4.78, 5) is 12.0. The van der Waals surface area contributed by atoms with Crippen molar-refractivity contribution < 1.29 is 9.53 Å². The standard InChI is InChI=1S/C16H10Cl2O2/c17-13-3-1-10(2-4-13)7-12-8-11-9-14(18)5-6-15(11)20-16(12)19/h1-7,9H,8H2/b12-7-. The molecule has 20 heavy (non-hydrogen) atoms. The first-order chi connectivity index (χ1) is 9.61. The molecule has 0 N–H and O–H groups in total. The van der Waals surface area contributed by atoms with Crippen LogP contribution in [0.25, 0.3) is 6.08 Å². The minimum Gasteiger partial charge on any atom is -0.423 e. The zero-order valence-corrected chi connectivity index (χ0v) is 11.9. The quantitative estimate of drug-likeness (QED) is 0.439. The Kier molecular flexibility index (Phi) is 3.51. The van der Waals surface area contributed by atoms with Crippen LogP contribution in [0.5, 0.6) is 5.75 Å². The Bertz CT molecular complexity index is 703. The number of ether oxygens (including phenoxy) is 1. The van der Waals surface area contributed by atoms with Gasteiger partial charge in [-0.1, -0.05) is 35.3 Å². The molecule has 0 saturated heterocycles. The van der Waals surface area contributed by atoms with Crippen molar-refractivity contribution in [3.63, 3.8) is 0 Å². The normalized spacial score (nSPS) is 15.9. The summed E-state index contributed by atoms with van der Waals surface area (Å²) in [6.07, 6.45) is 2.32. The Labute approximate surface area is 126 Å². The summed E-state index contributed by atoms with van der Waals surface area (Å²) in [6.45, 7) is 0. The third-order valence-electron chi connectivity index (χ3n) is 3.08. The summed E-state index contributed by atoms with van der Waals surface area (Å²) in [5.74, 6) is 0.252. The molecule has 0 spiro atoms. The van der Waals surface area contributed by atoms with Gasteiger partial charge < -0.3 is 4.74 Å². The van der Waals surface area contributed by atoms with Gasteiger partial charge in [0.2, 0.25) is 0 Å². The summed E-state index contributed by atoms with van der Waals surface area (Å²) >= 11 is 11.8. The fraction of sp³-hybridized carbons (Fsp3) is 0.0625. The van der Waals surface area contributed by atoms with E-state index in [1.165, 1.54) is 0 Å². The zero-order valence-electron chi connectivity index (χ0n) is 10.4. The van der Waals surface area contributed by atoms with Gasteiger partial charge in [0.15, 0.2) is 0 Å². The van der Waals surface area contributed by atoms with Crippen molar-refractivity contribution in [1.29, 1.82) is 0 Å². The maximum atomic E-state index is 12.0. The number of esters is 1. The molecule has 0 amide bonds. The maximum Gasteiger partial charge on any atom is 0.339 e. The van der Waals surface area contributed by atoms with Gasteiger partial charge in [0.1, 0.15) is 5.75 Å². The van der Waals surface area contributed by atoms with Gasteiger partial charge >= 0.3 is 5.97 Å². The Morgan fingerprint density at radius 2 is 1.70 bits per heavy atom. The van der Waals surface area contributed by atoms with Crippen LogP contribution in [-0.2, 0) is 11.2 Å². The predicted octanol–water partition coefficient (Wildman–Crippen LogP) is 4.54. The predicted molar refractivity (Wildman–Crippen MR) is 80.2 cm³/mol. The first-order valence-electron chi connectivity index (χ1n) is 6.08. The summed E-state index contributed by atoms with van der Waals surface area (Å²) < 4.78 is 5.30. The second kappa shape index (κ2) is 5.31. The summed E-state index contributed by atoms with van der Waals surface area (Å²) in [5, 5.41) is 1.29. The third kappa shape index (κ3) is 2.72. The summed E-state index contributed by atoms with van der Waals surface area (Å²) in [5.41, 5.74) is 2.42. The highest BCUT2D eigenvalue weighted by molar-refractivity contribution is 6.31. The van der Waals surface area contributed by atoms with Gasteiger partial charge in [-0.3, -0.25) is 0 Å². The van der Waals surface area contributed by atoms with Crippen molar-refractivity contribution in [2.75, 3.05) is 0 Å². The maximum absolute atomic E-state index is 12.0. The van der Waals surface area contributed by atoms with Gasteiger partial charge in [0.25, 0.3) is 0 Å². The Balaban J connectivity index is 1.95. The van der Waals surface area contributed by atoms with E-state index in [0.29, 0.717) is 27.8 Å². The highest BCUT2D eigenvalue weighted by Crippen LogP contribution is 2.31. The molecule has 4 heteroatoms. The monoisotopic (exact) mass is 304 g/mol. The number of carbonyl (C=O) groups is 1. The topological polar surface area (TPSA) is 26.3 Å². The minimum absolute atomic E-state index is 0.324. The number of halogens is 2. The minimum atomic E-state index is -0.324. The largest absolute Gasteiger partial charge is 0.423 e. The first kappa shape index (κ1) is 13.2. The van der Waals surface area contributed by atoms with Gasteiger partial charge in [-0.2, -0.15) is 0 Å². The number of benzene rings is 2. The van der Waals surface area contributed by atoms with E-state index in [0.717, 1.165) is 11.1 Å². The van der Waals surface area contributed by atoms with E-state index in [1.54, 1.807) is 24.3 Å². The fourth-order valence-corrected chi connectivity index (χ4v) is 2.42. The molecule has 0 bridgehead atoms. The van der Waals surface area contributed by atoms with E-state index in [2.05, 4.69) is 0 Å². The lowest BCUT2D eigenvalue weighted by Crippen LogP contribution is -2.19. The lowest BCUT2D eigenvalue weighted by Gasteiger charge is -2.18. The van der Waals surface area contributed by atoms with Crippen molar-refractivity contribution in [1.82, 2.24) is 0 Å². The SMILES string of the molecule is O=C1Oc2ccc(Cl)cc2C/C1=C/c1ccc(Cl)cc1. The van der Waals surface area contributed by atoms with Gasteiger partial charge in [0, 0.05) is 27.6 Å². The van der Waals surface area contributed by atoms with Crippen LogP contribution in [0.2, 0.25) is 10.0 Å². The van der Waals surface area contributed by atoms with Crippen molar-refractivity contribution in [3.05, 3.63) is 69.2 Å². The van der Waals surface area contributed by atoms with Crippen LogP contribution in [0, 0.1) is 0 Å². The smallest absolute Gasteiger partial charge is 0.339 e. The van der Waals surface area contributed by atoms with Crippen LogP contribution in [0.15, 0.2) is 48.0 Å². The molecular formula is C16H10Cl2O2. The zero-order chi connectivity index (χ0) is 14.1. The van der Waals surface area contributed by atoms with Crippen LogP contribution in [0.4, 0.5) is 0 Å². The average Bonchev–Trinajstić information content (AvgIpc) is 2.42. The number of rotatable bonds is 1. The van der Waals surface area contributed by atoms with E-state index in [1.807, 2.05) is 24.3 Å². The molecule has 3 rings (SSSR count). The molecule has 0 radical (unpaired) electrons. The molecular weight excluding hydrogens is 295 g/mol. The molecule has 2 nitrogen and oxygen atoms in total. The van der Waals surface area contributed by atoms with E-state index in [9.17, 15) is 4.79 Å². The van der Waals surface area contributed by atoms with Gasteiger partial charge in [0.05, 0.1) is 0 Å². The molecule has 0 aliphatic carbocycles. The van der Waals surface area contributed by atoms with Gasteiger partial charge in [-0.25, -0.2) is 4.79 Å². The Hall–Kier alpha value is -1.77. The van der Waals surface area contributed by atoms with E-state index in [-0.39, 0.29) is 5.97 Å². The average molecular weight is 305 g/mol. The molecule has 1 heterocycles. The number of fused-ring (bicyclic) bond motifs is 1. The number of carbonyl (C=O) groups excluding carboxylic acids is 1. The van der Waals surface area contributed by atoms with Crippen LogP contribution >= 0.6 is 23.2 Å². The Morgan fingerprint density at radius 3 is 2.45 bits per heavy atom. The molecule has 0 aromatic heterocycles. The lowest BCUT2D eigenvalue weighted by atomic mass is 9.99.